The average molecular weight is 257 g/mol. The second-order valence-electron chi connectivity index (χ2n) is 3.76. The van der Waals surface area contributed by atoms with Gasteiger partial charge in [-0.3, -0.25) is 0 Å². The van der Waals surface area contributed by atoms with Gasteiger partial charge in [-0.25, -0.2) is 16.8 Å². The molecule has 0 saturated heterocycles. The monoisotopic (exact) mass is 257 g/mol. The second kappa shape index (κ2) is 5.81. The maximum absolute atomic E-state index is 11.4. The molecule has 0 aliphatic heterocycles. The Morgan fingerprint density at radius 2 is 1.60 bits per heavy atom. The van der Waals surface area contributed by atoms with Crippen molar-refractivity contribution in [1.82, 2.24) is 5.32 Å². The lowest BCUT2D eigenvalue weighted by Crippen LogP contribution is -2.26. The molecule has 0 amide bonds. The zero-order valence-electron chi connectivity index (χ0n) is 9.36. The summed E-state index contributed by atoms with van der Waals surface area (Å²) in [7, 11) is -4.68. The summed E-state index contributed by atoms with van der Waals surface area (Å²) in [5, 5.41) is 2.93. The molecular weight excluding hydrogens is 238 g/mol. The lowest BCUT2D eigenvalue weighted by atomic mass is 10.3. The summed E-state index contributed by atoms with van der Waals surface area (Å²) < 4.78 is 44.4. The highest BCUT2D eigenvalue weighted by Gasteiger charge is 2.15. The van der Waals surface area contributed by atoms with Crippen LogP contribution in [-0.2, 0) is 19.7 Å². The summed E-state index contributed by atoms with van der Waals surface area (Å²) in [6, 6.07) is 0.123. The van der Waals surface area contributed by atoms with Crippen LogP contribution in [0.3, 0.4) is 0 Å². The first-order valence-corrected chi connectivity index (χ1v) is 8.60. The van der Waals surface area contributed by atoms with Crippen LogP contribution in [0, 0.1) is 0 Å². The van der Waals surface area contributed by atoms with E-state index in [1.165, 1.54) is 0 Å². The van der Waals surface area contributed by atoms with Gasteiger partial charge in [0.2, 0.25) is 0 Å². The van der Waals surface area contributed by atoms with Crippen molar-refractivity contribution in [1.29, 1.82) is 0 Å². The third-order valence-corrected chi connectivity index (χ3v) is 5.01. The lowest BCUT2D eigenvalue weighted by Gasteiger charge is -2.09. The van der Waals surface area contributed by atoms with Crippen molar-refractivity contribution in [3.63, 3.8) is 0 Å². The van der Waals surface area contributed by atoms with Crippen molar-refractivity contribution in [3.05, 3.63) is 0 Å². The molecular formula is C8H19NO4S2. The van der Waals surface area contributed by atoms with E-state index in [1.54, 1.807) is 7.05 Å². The van der Waals surface area contributed by atoms with E-state index in [0.717, 1.165) is 6.26 Å². The fraction of sp³-hybridized carbons (Fsp3) is 1.00. The molecule has 0 saturated carbocycles. The van der Waals surface area contributed by atoms with E-state index in [1.807, 2.05) is 6.92 Å². The normalized spacial score (nSPS) is 15.1. The highest BCUT2D eigenvalue weighted by atomic mass is 32.2. The predicted molar refractivity (Wildman–Crippen MR) is 61.5 cm³/mol. The Morgan fingerprint density at radius 1 is 1.07 bits per heavy atom. The maximum Gasteiger partial charge on any atom is 0.151 e. The van der Waals surface area contributed by atoms with Crippen molar-refractivity contribution in [2.45, 2.75) is 19.4 Å². The van der Waals surface area contributed by atoms with Gasteiger partial charge in [0.05, 0.1) is 17.3 Å². The number of hydrogen-bond donors (Lipinski definition) is 1. The van der Waals surface area contributed by atoms with Gasteiger partial charge in [0.1, 0.15) is 9.84 Å². The van der Waals surface area contributed by atoms with Gasteiger partial charge in [0.15, 0.2) is 9.84 Å². The first kappa shape index (κ1) is 14.9. The molecule has 0 aromatic heterocycles. The largest absolute Gasteiger partial charge is 0.317 e. The molecule has 1 atom stereocenters. The zero-order chi connectivity index (χ0) is 12.1. The van der Waals surface area contributed by atoms with Crippen LogP contribution >= 0.6 is 0 Å². The smallest absolute Gasteiger partial charge is 0.151 e. The minimum Gasteiger partial charge on any atom is -0.317 e. The Hall–Kier alpha value is -0.140. The van der Waals surface area contributed by atoms with Crippen molar-refractivity contribution < 1.29 is 16.8 Å². The molecule has 0 rings (SSSR count). The van der Waals surface area contributed by atoms with Gasteiger partial charge >= 0.3 is 0 Å². The molecule has 0 fully saturated rings. The molecule has 0 radical (unpaired) electrons. The van der Waals surface area contributed by atoms with E-state index in [9.17, 15) is 16.8 Å². The summed E-state index contributed by atoms with van der Waals surface area (Å²) in [6.45, 7) is 1.88. The van der Waals surface area contributed by atoms with Gasteiger partial charge in [-0.15, -0.1) is 0 Å². The van der Waals surface area contributed by atoms with Gasteiger partial charge in [-0.2, -0.15) is 0 Å². The van der Waals surface area contributed by atoms with Gasteiger partial charge in [-0.1, -0.05) is 0 Å². The summed E-state index contributed by atoms with van der Waals surface area (Å²) >= 11 is 0. The minimum atomic E-state index is -3.24. The molecule has 1 N–H and O–H groups in total. The molecule has 15 heavy (non-hydrogen) atoms. The number of sulfone groups is 2. The number of rotatable bonds is 7. The van der Waals surface area contributed by atoms with Crippen molar-refractivity contribution in [2.24, 2.45) is 0 Å². The molecule has 0 aromatic carbocycles. The fourth-order valence-electron chi connectivity index (χ4n) is 0.881. The molecule has 0 bridgehead atoms. The van der Waals surface area contributed by atoms with E-state index in [4.69, 9.17) is 0 Å². The molecule has 1 unspecified atom stereocenters. The number of hydrogen-bond acceptors (Lipinski definition) is 5. The SMILES string of the molecule is CNC(C)CCS(=O)(=O)CCS(C)(=O)=O. The van der Waals surface area contributed by atoms with Crippen LogP contribution in [0.1, 0.15) is 13.3 Å². The maximum atomic E-state index is 11.4. The molecule has 0 spiro atoms. The van der Waals surface area contributed by atoms with E-state index in [-0.39, 0.29) is 23.3 Å². The van der Waals surface area contributed by atoms with Crippen LogP contribution in [0.15, 0.2) is 0 Å². The second-order valence-corrected chi connectivity index (χ2v) is 8.32. The summed E-state index contributed by atoms with van der Waals surface area (Å²) in [6.07, 6.45) is 1.54. The van der Waals surface area contributed by atoms with Crippen LogP contribution in [-0.4, -0.2) is 53.4 Å². The Morgan fingerprint density at radius 3 is 2.00 bits per heavy atom. The Balaban J connectivity index is 4.10. The molecule has 0 aromatic rings. The van der Waals surface area contributed by atoms with E-state index < -0.39 is 19.7 Å². The zero-order valence-corrected chi connectivity index (χ0v) is 11.0. The van der Waals surface area contributed by atoms with Gasteiger partial charge in [0.25, 0.3) is 0 Å². The fourth-order valence-corrected chi connectivity index (χ4v) is 4.02. The van der Waals surface area contributed by atoms with E-state index >= 15 is 0 Å². The third-order valence-electron chi connectivity index (χ3n) is 2.12. The van der Waals surface area contributed by atoms with Crippen molar-refractivity contribution >= 4 is 19.7 Å². The summed E-state index contributed by atoms with van der Waals surface area (Å²) in [5.41, 5.74) is 0. The van der Waals surface area contributed by atoms with Crippen LogP contribution in [0.2, 0.25) is 0 Å². The quantitative estimate of drug-likeness (QED) is 0.661. The molecule has 0 heterocycles. The van der Waals surface area contributed by atoms with Crippen molar-refractivity contribution in [2.75, 3.05) is 30.6 Å². The van der Waals surface area contributed by atoms with E-state index in [0.29, 0.717) is 6.42 Å². The van der Waals surface area contributed by atoms with Crippen LogP contribution in [0.4, 0.5) is 0 Å². The Bertz CT molecular complexity index is 371. The van der Waals surface area contributed by atoms with Gasteiger partial charge in [0, 0.05) is 12.3 Å². The molecule has 0 aliphatic rings. The first-order chi connectivity index (χ1) is 6.66. The summed E-state index contributed by atoms with van der Waals surface area (Å²) in [5.74, 6) is -0.532. The highest BCUT2D eigenvalue weighted by Crippen LogP contribution is 1.99. The number of nitrogens with one attached hydrogen (secondary N) is 1. The van der Waals surface area contributed by atoms with Gasteiger partial charge < -0.3 is 5.32 Å². The third kappa shape index (κ3) is 8.83. The highest BCUT2D eigenvalue weighted by molar-refractivity contribution is 7.94. The van der Waals surface area contributed by atoms with Crippen LogP contribution < -0.4 is 5.32 Å². The molecule has 0 aliphatic carbocycles. The average Bonchev–Trinajstić information content (AvgIpc) is 2.10. The molecule has 92 valence electrons. The first-order valence-electron chi connectivity index (χ1n) is 4.72. The summed E-state index contributed by atoms with van der Waals surface area (Å²) in [4.78, 5) is 0. The molecule has 7 heteroatoms. The lowest BCUT2D eigenvalue weighted by molar-refractivity contribution is 0.565. The van der Waals surface area contributed by atoms with Gasteiger partial charge in [-0.05, 0) is 20.4 Å². The predicted octanol–water partition coefficient (Wildman–Crippen LogP) is -0.556. The topological polar surface area (TPSA) is 80.3 Å². The van der Waals surface area contributed by atoms with E-state index in [2.05, 4.69) is 5.32 Å². The van der Waals surface area contributed by atoms with Crippen molar-refractivity contribution in [3.8, 4) is 0 Å². The van der Waals surface area contributed by atoms with Crippen LogP contribution in [0.5, 0.6) is 0 Å². The molecule has 5 nitrogen and oxygen atoms in total. The Kier molecular flexibility index (Phi) is 5.76. The standard InChI is InChI=1S/C8H19NO4S2/c1-8(9-2)4-5-15(12,13)7-6-14(3,10)11/h8-9H,4-7H2,1-3H3. The van der Waals surface area contributed by atoms with Crippen LogP contribution in [0.25, 0.3) is 0 Å². The minimum absolute atomic E-state index is 0.0323. The Labute approximate surface area is 92.1 Å².